The molecule has 0 spiro atoms. The Morgan fingerprint density at radius 2 is 2.16 bits per heavy atom. The number of hydrogen-bond donors (Lipinski definition) is 0. The molecule has 2 heterocycles. The van der Waals surface area contributed by atoms with Crippen LogP contribution < -0.4 is 15.1 Å². The van der Waals surface area contributed by atoms with E-state index in [1.54, 1.807) is 30.0 Å². The van der Waals surface area contributed by atoms with E-state index in [0.29, 0.717) is 31.0 Å². The Kier molecular flexibility index (Phi) is 5.02. The smallest absolute Gasteiger partial charge is 0.339 e. The van der Waals surface area contributed by atoms with Gasteiger partial charge in [0.05, 0.1) is 12.6 Å². The van der Waals surface area contributed by atoms with Gasteiger partial charge in [0.2, 0.25) is 0 Å². The lowest BCUT2D eigenvalue weighted by Gasteiger charge is -2.17. The second-order valence-electron chi connectivity index (χ2n) is 5.81. The summed E-state index contributed by atoms with van der Waals surface area (Å²) in [6, 6.07) is 8.85. The molecule has 2 aromatic rings. The molecule has 1 aromatic heterocycles. The van der Waals surface area contributed by atoms with E-state index in [9.17, 15) is 14.0 Å². The third-order valence-electron chi connectivity index (χ3n) is 3.86. The number of nitrogens with zero attached hydrogens (tertiary/aromatic N) is 1. The Bertz CT molecular complexity index is 819. The highest BCUT2D eigenvalue weighted by molar-refractivity contribution is 5.78. The number of amides is 1. The molecule has 1 saturated heterocycles. The van der Waals surface area contributed by atoms with Crippen LogP contribution in [0.1, 0.15) is 12.2 Å². The number of aryl methyl sites for hydroxylation is 1. The fourth-order valence-electron chi connectivity index (χ4n) is 2.68. The average molecular weight is 347 g/mol. The molecule has 1 amide bonds. The molecular formula is C18H18FNO5. The lowest BCUT2D eigenvalue weighted by molar-refractivity contribution is -0.132. The van der Waals surface area contributed by atoms with Crippen LogP contribution in [0.25, 0.3) is 0 Å². The van der Waals surface area contributed by atoms with Crippen molar-refractivity contribution in [3.8, 4) is 11.5 Å². The van der Waals surface area contributed by atoms with Crippen LogP contribution in [0.15, 0.2) is 45.6 Å². The topological polar surface area (TPSA) is 69.0 Å². The highest BCUT2D eigenvalue weighted by atomic mass is 19.1. The molecule has 0 unspecified atom stereocenters. The summed E-state index contributed by atoms with van der Waals surface area (Å²) in [7, 11) is 0. The van der Waals surface area contributed by atoms with E-state index in [4.69, 9.17) is 13.9 Å². The zero-order valence-electron chi connectivity index (χ0n) is 13.7. The van der Waals surface area contributed by atoms with Crippen LogP contribution in [-0.4, -0.2) is 36.6 Å². The van der Waals surface area contributed by atoms with Crippen molar-refractivity contribution in [2.24, 2.45) is 0 Å². The summed E-state index contributed by atoms with van der Waals surface area (Å²) in [6.45, 7) is 2.34. The Balaban J connectivity index is 1.52. The molecule has 1 fully saturated rings. The molecule has 0 saturated carbocycles. The lowest BCUT2D eigenvalue weighted by atomic mass is 10.3. The fourth-order valence-corrected chi connectivity index (χ4v) is 2.68. The van der Waals surface area contributed by atoms with Gasteiger partial charge < -0.3 is 18.8 Å². The normalized spacial score (nSPS) is 16.7. The number of carbonyl (C=O) groups excluding carboxylic acids is 1. The highest BCUT2D eigenvalue weighted by Gasteiger charge is 2.28. The molecule has 1 aromatic carbocycles. The molecular weight excluding hydrogens is 329 g/mol. The molecule has 0 aliphatic carbocycles. The van der Waals surface area contributed by atoms with Crippen molar-refractivity contribution in [2.45, 2.75) is 19.4 Å². The van der Waals surface area contributed by atoms with Crippen molar-refractivity contribution >= 4 is 5.91 Å². The highest BCUT2D eigenvalue weighted by Crippen LogP contribution is 2.19. The molecule has 1 aliphatic heterocycles. The third kappa shape index (κ3) is 4.37. The monoisotopic (exact) mass is 347 g/mol. The maximum atomic E-state index is 13.5. The number of para-hydroxylation sites is 1. The molecule has 132 valence electrons. The van der Waals surface area contributed by atoms with E-state index in [2.05, 4.69) is 0 Å². The van der Waals surface area contributed by atoms with Crippen LogP contribution >= 0.6 is 0 Å². The second kappa shape index (κ2) is 7.38. The molecule has 1 atom stereocenters. The number of rotatable bonds is 5. The minimum atomic E-state index is -0.504. The van der Waals surface area contributed by atoms with E-state index in [-0.39, 0.29) is 24.4 Å². The van der Waals surface area contributed by atoms with Crippen LogP contribution in [0.4, 0.5) is 4.39 Å². The van der Waals surface area contributed by atoms with Gasteiger partial charge in [-0.2, -0.15) is 0 Å². The zero-order chi connectivity index (χ0) is 17.8. The molecule has 25 heavy (non-hydrogen) atoms. The van der Waals surface area contributed by atoms with Gasteiger partial charge in [-0.25, -0.2) is 9.18 Å². The van der Waals surface area contributed by atoms with Gasteiger partial charge in [0, 0.05) is 19.0 Å². The van der Waals surface area contributed by atoms with Crippen LogP contribution in [0.2, 0.25) is 0 Å². The fraction of sp³-hybridized carbons (Fsp3) is 0.333. The van der Waals surface area contributed by atoms with Gasteiger partial charge in [0.15, 0.2) is 18.2 Å². The van der Waals surface area contributed by atoms with Crippen LogP contribution in [0, 0.1) is 12.7 Å². The number of ether oxygens (including phenoxy) is 2. The van der Waals surface area contributed by atoms with E-state index >= 15 is 0 Å². The van der Waals surface area contributed by atoms with Crippen LogP contribution in [-0.2, 0) is 4.79 Å². The van der Waals surface area contributed by atoms with Gasteiger partial charge in [-0.1, -0.05) is 12.1 Å². The van der Waals surface area contributed by atoms with Crippen molar-refractivity contribution in [2.75, 3.05) is 19.7 Å². The largest absolute Gasteiger partial charge is 0.488 e. The maximum absolute atomic E-state index is 13.5. The summed E-state index contributed by atoms with van der Waals surface area (Å²) in [4.78, 5) is 25.1. The molecule has 6 nitrogen and oxygen atoms in total. The minimum absolute atomic E-state index is 0.0503. The number of carbonyl (C=O) groups is 1. The maximum Gasteiger partial charge on any atom is 0.339 e. The van der Waals surface area contributed by atoms with Crippen molar-refractivity contribution in [1.82, 2.24) is 4.90 Å². The van der Waals surface area contributed by atoms with E-state index < -0.39 is 11.4 Å². The molecule has 3 rings (SSSR count). The lowest BCUT2D eigenvalue weighted by Crippen LogP contribution is -2.34. The minimum Gasteiger partial charge on any atom is -0.488 e. The van der Waals surface area contributed by atoms with Gasteiger partial charge in [-0.05, 0) is 19.1 Å². The predicted octanol–water partition coefficient (Wildman–Crippen LogP) is 2.15. The number of hydrogen-bond acceptors (Lipinski definition) is 5. The molecule has 7 heteroatoms. The summed E-state index contributed by atoms with van der Waals surface area (Å²) < 4.78 is 29.3. The molecule has 0 radical (unpaired) electrons. The number of likely N-dealkylation sites (tertiary alicyclic amines) is 1. The van der Waals surface area contributed by atoms with E-state index in [1.807, 2.05) is 0 Å². The standard InChI is InChI=1S/C18H18FNO5/c1-12-8-14(9-18(22)24-12)25-13-6-7-20(10-13)17(21)11-23-16-5-3-2-4-15(16)19/h2-5,8-9,13H,6-7,10-11H2,1H3/t13-/m1/s1. The van der Waals surface area contributed by atoms with E-state index in [0.717, 1.165) is 0 Å². The van der Waals surface area contributed by atoms with Crippen molar-refractivity contribution < 1.29 is 23.1 Å². The van der Waals surface area contributed by atoms with Gasteiger partial charge in [-0.15, -0.1) is 0 Å². The van der Waals surface area contributed by atoms with Crippen LogP contribution in [0.5, 0.6) is 11.5 Å². The zero-order valence-corrected chi connectivity index (χ0v) is 13.7. The molecule has 0 N–H and O–H groups in total. The molecule has 1 aliphatic rings. The number of benzene rings is 1. The van der Waals surface area contributed by atoms with Gasteiger partial charge in [-0.3, -0.25) is 4.79 Å². The first kappa shape index (κ1) is 17.0. The summed E-state index contributed by atoms with van der Waals surface area (Å²) in [5.74, 6) is 0.200. The summed E-state index contributed by atoms with van der Waals surface area (Å²) in [6.07, 6.45) is 0.434. The van der Waals surface area contributed by atoms with Crippen LogP contribution in [0.3, 0.4) is 0 Å². The van der Waals surface area contributed by atoms with Crippen molar-refractivity contribution in [3.05, 3.63) is 58.4 Å². The SMILES string of the molecule is Cc1cc(O[C@@H]2CCN(C(=O)COc3ccccc3F)C2)cc(=O)o1. The summed E-state index contributed by atoms with van der Waals surface area (Å²) >= 11 is 0. The van der Waals surface area contributed by atoms with Gasteiger partial charge in [0.1, 0.15) is 17.6 Å². The first-order chi connectivity index (χ1) is 12.0. The Morgan fingerprint density at radius 3 is 2.92 bits per heavy atom. The van der Waals surface area contributed by atoms with Crippen molar-refractivity contribution in [1.29, 1.82) is 0 Å². The van der Waals surface area contributed by atoms with Gasteiger partial charge >= 0.3 is 5.63 Å². The Morgan fingerprint density at radius 1 is 1.36 bits per heavy atom. The second-order valence-corrected chi connectivity index (χ2v) is 5.81. The van der Waals surface area contributed by atoms with Crippen molar-refractivity contribution in [3.63, 3.8) is 0 Å². The predicted molar refractivity (Wildman–Crippen MR) is 87.2 cm³/mol. The van der Waals surface area contributed by atoms with E-state index in [1.165, 1.54) is 18.2 Å². The summed E-state index contributed by atoms with van der Waals surface area (Å²) in [5.41, 5.74) is -0.473. The quantitative estimate of drug-likeness (QED) is 0.829. The van der Waals surface area contributed by atoms with Gasteiger partial charge in [0.25, 0.3) is 5.91 Å². The average Bonchev–Trinajstić information content (AvgIpc) is 3.01. The molecule has 0 bridgehead atoms. The first-order valence-electron chi connectivity index (χ1n) is 7.95. The Labute approximate surface area is 143 Å². The summed E-state index contributed by atoms with van der Waals surface area (Å²) in [5, 5.41) is 0. The Hall–Kier alpha value is -2.83. The first-order valence-corrected chi connectivity index (χ1v) is 7.95. The number of halogens is 1. The third-order valence-corrected chi connectivity index (χ3v) is 3.86.